The number of nitrogen functional groups attached to an aromatic ring is 1. The first kappa shape index (κ1) is 11.9. The highest BCUT2D eigenvalue weighted by Gasteiger charge is 2.09. The van der Waals surface area contributed by atoms with Crippen LogP contribution in [-0.2, 0) is 7.05 Å². The predicted octanol–water partition coefficient (Wildman–Crippen LogP) is 2.96. The van der Waals surface area contributed by atoms with E-state index in [0.29, 0.717) is 15.8 Å². The number of benzene rings is 1. The summed E-state index contributed by atoms with van der Waals surface area (Å²) < 4.78 is 15.4. The third kappa shape index (κ3) is 2.41. The van der Waals surface area contributed by atoms with Crippen LogP contribution < -0.4 is 11.1 Å². The van der Waals surface area contributed by atoms with Crippen molar-refractivity contribution in [1.29, 1.82) is 0 Å². The van der Waals surface area contributed by atoms with Crippen LogP contribution in [0.15, 0.2) is 22.8 Å². The molecule has 0 amide bonds. The molecule has 17 heavy (non-hydrogen) atoms. The van der Waals surface area contributed by atoms with Gasteiger partial charge in [0.25, 0.3) is 0 Å². The molecule has 6 heteroatoms. The molecular weight excluding hydrogens is 287 g/mol. The molecule has 3 N–H and O–H groups in total. The maximum absolute atomic E-state index is 13.4. The fraction of sp³-hybridized carbons (Fsp3) is 0.182. The quantitative estimate of drug-likeness (QED) is 0.838. The lowest BCUT2D eigenvalue weighted by molar-refractivity contribution is 0.622. The fourth-order valence-electron chi connectivity index (χ4n) is 1.54. The molecule has 0 saturated heterocycles. The zero-order valence-corrected chi connectivity index (χ0v) is 11.0. The first-order valence-electron chi connectivity index (χ1n) is 4.99. The normalized spacial score (nSPS) is 10.6. The summed E-state index contributed by atoms with van der Waals surface area (Å²) in [6, 6.07) is 2.88. The fourth-order valence-corrected chi connectivity index (χ4v) is 1.90. The van der Waals surface area contributed by atoms with Crippen LogP contribution in [0.1, 0.15) is 5.69 Å². The van der Waals surface area contributed by atoms with E-state index in [4.69, 9.17) is 5.73 Å². The average Bonchev–Trinajstić information content (AvgIpc) is 2.54. The van der Waals surface area contributed by atoms with Crippen molar-refractivity contribution in [2.75, 3.05) is 11.1 Å². The highest BCUT2D eigenvalue weighted by atomic mass is 79.9. The molecule has 0 aliphatic heterocycles. The Balaban J connectivity index is 2.36. The number of hydrogen-bond acceptors (Lipinski definition) is 3. The number of halogens is 2. The zero-order chi connectivity index (χ0) is 12.6. The smallest absolute Gasteiger partial charge is 0.139 e. The van der Waals surface area contributed by atoms with Crippen LogP contribution in [0.2, 0.25) is 0 Å². The van der Waals surface area contributed by atoms with E-state index in [9.17, 15) is 4.39 Å². The van der Waals surface area contributed by atoms with Gasteiger partial charge in [-0.2, -0.15) is 5.10 Å². The van der Waals surface area contributed by atoms with Crippen LogP contribution in [-0.4, -0.2) is 9.78 Å². The molecule has 4 nitrogen and oxygen atoms in total. The second kappa shape index (κ2) is 4.37. The second-order valence-electron chi connectivity index (χ2n) is 3.78. The summed E-state index contributed by atoms with van der Waals surface area (Å²) in [5.41, 5.74) is 8.45. The molecule has 0 bridgehead atoms. The molecule has 0 atom stereocenters. The van der Waals surface area contributed by atoms with Crippen LogP contribution in [0, 0.1) is 12.7 Å². The summed E-state index contributed by atoms with van der Waals surface area (Å²) in [4.78, 5) is 0. The number of nitrogens with one attached hydrogen (secondary N) is 1. The van der Waals surface area contributed by atoms with Crippen LogP contribution in [0.25, 0.3) is 0 Å². The van der Waals surface area contributed by atoms with Crippen molar-refractivity contribution in [2.24, 2.45) is 7.05 Å². The molecule has 0 aliphatic rings. The molecule has 0 spiro atoms. The molecule has 0 aliphatic carbocycles. The number of aryl methyl sites for hydroxylation is 2. The molecule has 90 valence electrons. The van der Waals surface area contributed by atoms with Crippen molar-refractivity contribution in [3.8, 4) is 0 Å². The SMILES string of the molecule is Cc1nn(C)cc1Nc1cc(F)c(Br)cc1N. The lowest BCUT2D eigenvalue weighted by Gasteiger charge is -2.09. The number of aromatic nitrogens is 2. The molecule has 0 saturated carbocycles. The Morgan fingerprint density at radius 1 is 1.41 bits per heavy atom. The monoisotopic (exact) mass is 298 g/mol. The second-order valence-corrected chi connectivity index (χ2v) is 4.63. The van der Waals surface area contributed by atoms with E-state index in [1.165, 1.54) is 12.1 Å². The van der Waals surface area contributed by atoms with Gasteiger partial charge in [0.1, 0.15) is 5.82 Å². The third-order valence-corrected chi connectivity index (χ3v) is 2.98. The maximum atomic E-state index is 13.4. The van der Waals surface area contributed by atoms with Gasteiger partial charge in [-0.15, -0.1) is 0 Å². The minimum atomic E-state index is -0.358. The van der Waals surface area contributed by atoms with Crippen LogP contribution in [0.5, 0.6) is 0 Å². The van der Waals surface area contributed by atoms with E-state index in [-0.39, 0.29) is 5.82 Å². The lowest BCUT2D eigenvalue weighted by atomic mass is 10.2. The number of anilines is 3. The third-order valence-electron chi connectivity index (χ3n) is 2.38. The summed E-state index contributed by atoms with van der Waals surface area (Å²) in [6.07, 6.45) is 1.81. The molecule has 2 rings (SSSR count). The van der Waals surface area contributed by atoms with Gasteiger partial charge in [0.05, 0.1) is 27.2 Å². The van der Waals surface area contributed by atoms with E-state index in [2.05, 4.69) is 26.3 Å². The molecule has 1 aromatic heterocycles. The van der Waals surface area contributed by atoms with Crippen LogP contribution in [0.3, 0.4) is 0 Å². The van der Waals surface area contributed by atoms with Gasteiger partial charge in [-0.05, 0) is 28.9 Å². The Kier molecular flexibility index (Phi) is 3.06. The molecular formula is C11H12BrFN4. The van der Waals surface area contributed by atoms with E-state index >= 15 is 0 Å². The first-order chi connectivity index (χ1) is 7.97. The highest BCUT2D eigenvalue weighted by Crippen LogP contribution is 2.29. The molecule has 1 heterocycles. The maximum Gasteiger partial charge on any atom is 0.139 e. The van der Waals surface area contributed by atoms with Crippen molar-refractivity contribution < 1.29 is 4.39 Å². The Hall–Kier alpha value is -1.56. The largest absolute Gasteiger partial charge is 0.397 e. The Labute approximate surface area is 107 Å². The highest BCUT2D eigenvalue weighted by molar-refractivity contribution is 9.10. The van der Waals surface area contributed by atoms with Gasteiger partial charge in [0, 0.05) is 19.3 Å². The summed E-state index contributed by atoms with van der Waals surface area (Å²) in [6.45, 7) is 1.87. The standard InChI is InChI=1S/C11H12BrFN4/c1-6-11(5-17(2)16-6)15-10-4-8(13)7(12)3-9(10)14/h3-5,15H,14H2,1-2H3. The zero-order valence-electron chi connectivity index (χ0n) is 9.46. The number of rotatable bonds is 2. The number of hydrogen-bond donors (Lipinski definition) is 2. The minimum absolute atomic E-state index is 0.350. The summed E-state index contributed by atoms with van der Waals surface area (Å²) >= 11 is 3.08. The topological polar surface area (TPSA) is 55.9 Å². The minimum Gasteiger partial charge on any atom is -0.397 e. The van der Waals surface area contributed by atoms with Crippen LogP contribution >= 0.6 is 15.9 Å². The van der Waals surface area contributed by atoms with Crippen molar-refractivity contribution in [2.45, 2.75) is 6.92 Å². The van der Waals surface area contributed by atoms with E-state index < -0.39 is 0 Å². The number of nitrogens with zero attached hydrogens (tertiary/aromatic N) is 2. The van der Waals surface area contributed by atoms with Gasteiger partial charge in [0.15, 0.2) is 0 Å². The molecule has 2 aromatic rings. The van der Waals surface area contributed by atoms with E-state index in [0.717, 1.165) is 11.4 Å². The van der Waals surface area contributed by atoms with Crippen LogP contribution in [0.4, 0.5) is 21.5 Å². The van der Waals surface area contributed by atoms with Gasteiger partial charge in [-0.3, -0.25) is 4.68 Å². The van der Waals surface area contributed by atoms with Crippen molar-refractivity contribution in [1.82, 2.24) is 9.78 Å². The van der Waals surface area contributed by atoms with E-state index in [1.54, 1.807) is 4.68 Å². The Morgan fingerprint density at radius 2 is 2.12 bits per heavy atom. The molecule has 0 radical (unpaired) electrons. The molecule has 0 fully saturated rings. The van der Waals surface area contributed by atoms with Gasteiger partial charge >= 0.3 is 0 Å². The van der Waals surface area contributed by atoms with Gasteiger partial charge in [0.2, 0.25) is 0 Å². The lowest BCUT2D eigenvalue weighted by Crippen LogP contribution is -1.98. The predicted molar refractivity (Wildman–Crippen MR) is 69.7 cm³/mol. The molecule has 1 aromatic carbocycles. The van der Waals surface area contributed by atoms with Crippen molar-refractivity contribution in [3.63, 3.8) is 0 Å². The van der Waals surface area contributed by atoms with Gasteiger partial charge in [-0.1, -0.05) is 0 Å². The number of nitrogens with two attached hydrogens (primary N) is 1. The van der Waals surface area contributed by atoms with Gasteiger partial charge in [-0.25, -0.2) is 4.39 Å². The van der Waals surface area contributed by atoms with Gasteiger partial charge < -0.3 is 11.1 Å². The first-order valence-corrected chi connectivity index (χ1v) is 5.78. The summed E-state index contributed by atoms with van der Waals surface area (Å²) in [5, 5.41) is 7.25. The average molecular weight is 299 g/mol. The molecule has 0 unspecified atom stereocenters. The van der Waals surface area contributed by atoms with Crippen molar-refractivity contribution >= 4 is 33.0 Å². The summed E-state index contributed by atoms with van der Waals surface area (Å²) in [7, 11) is 1.82. The summed E-state index contributed by atoms with van der Waals surface area (Å²) in [5.74, 6) is -0.358. The van der Waals surface area contributed by atoms with Crippen molar-refractivity contribution in [3.05, 3.63) is 34.3 Å². The Bertz CT molecular complexity index is 565. The van der Waals surface area contributed by atoms with E-state index in [1.807, 2.05) is 20.2 Å². The Morgan fingerprint density at radius 3 is 2.71 bits per heavy atom.